The van der Waals surface area contributed by atoms with Crippen molar-refractivity contribution in [3.05, 3.63) is 97.2 Å². The summed E-state index contributed by atoms with van der Waals surface area (Å²) in [6.07, 6.45) is 1.93. The van der Waals surface area contributed by atoms with Crippen molar-refractivity contribution < 1.29 is 14.4 Å². The molecule has 0 saturated carbocycles. The molecular formula is C26H18BeN2OS2+2. The fourth-order valence-electron chi connectivity index (χ4n) is 3.63. The van der Waals surface area contributed by atoms with E-state index in [1.165, 1.54) is 10.8 Å². The van der Waals surface area contributed by atoms with Gasteiger partial charge in [-0.1, -0.05) is 54.6 Å². The third-order valence-electron chi connectivity index (χ3n) is 5.12. The molecule has 0 fully saturated rings. The van der Waals surface area contributed by atoms with E-state index in [1.54, 1.807) is 0 Å². The predicted octanol–water partition coefficient (Wildman–Crippen LogP) is 5.15. The van der Waals surface area contributed by atoms with E-state index in [1.807, 2.05) is 72.9 Å². The Bertz CT molecular complexity index is 1500. The number of rotatable bonds is 1. The molecule has 0 aliphatic carbocycles. The zero-order valence-electron chi connectivity index (χ0n) is 17.2. The first kappa shape index (κ1) is 21.8. The molecule has 0 saturated heterocycles. The van der Waals surface area contributed by atoms with Crippen molar-refractivity contribution >= 4 is 68.2 Å². The number of hydrogen-bond donors (Lipinski definition) is 0. The summed E-state index contributed by atoms with van der Waals surface area (Å²) in [5.41, 5.74) is 3.88. The van der Waals surface area contributed by atoms with Gasteiger partial charge in [-0.2, -0.15) is 14.8 Å². The number of para-hydroxylation sites is 2. The monoisotopic (exact) mass is 447 g/mol. The minimum Gasteiger partial charge on any atom is -0.779 e. The van der Waals surface area contributed by atoms with Crippen LogP contribution in [0.2, 0.25) is 0 Å². The third kappa shape index (κ3) is 4.19. The Morgan fingerprint density at radius 3 is 2.22 bits per heavy atom. The van der Waals surface area contributed by atoms with Crippen molar-refractivity contribution in [3.8, 4) is 11.5 Å². The SMILES string of the molecule is [Be+2].[S-]c1cccc2ccc3ccc[nH+]c3c12.[S-]c1ccccc1-c1[nH+]c2ccccc2o1. The standard InChI is InChI=1S/C13H9NOS.C13H9NS.Be/c16-12-8-4-1-5-9(12)13-14-10-6-2-3-7-11(10)15-13;15-11-5-1-3-9-6-7-10-4-2-8-14-13(10)12(9)11;/h1-8,16H;1-8,15H;/q;;+2. The molecule has 6 heteroatoms. The van der Waals surface area contributed by atoms with E-state index >= 15 is 0 Å². The van der Waals surface area contributed by atoms with Gasteiger partial charge in [-0.3, -0.25) is 0 Å². The van der Waals surface area contributed by atoms with Crippen molar-refractivity contribution in [1.82, 2.24) is 0 Å². The molecule has 32 heavy (non-hydrogen) atoms. The molecule has 6 aromatic rings. The Kier molecular flexibility index (Phi) is 6.42. The van der Waals surface area contributed by atoms with Crippen molar-refractivity contribution in [1.29, 1.82) is 0 Å². The summed E-state index contributed by atoms with van der Waals surface area (Å²) in [6.45, 7) is 0. The minimum atomic E-state index is 0. The molecule has 0 spiro atoms. The van der Waals surface area contributed by atoms with Crippen LogP contribution in [0.3, 0.4) is 0 Å². The van der Waals surface area contributed by atoms with Gasteiger partial charge in [0.2, 0.25) is 16.6 Å². The van der Waals surface area contributed by atoms with Gasteiger partial charge in [0.25, 0.3) is 0 Å². The molecule has 0 bridgehead atoms. The van der Waals surface area contributed by atoms with Crippen LogP contribution in [0.5, 0.6) is 0 Å². The molecule has 2 N–H and O–H groups in total. The smallest absolute Gasteiger partial charge is 0.779 e. The Labute approximate surface area is 200 Å². The first-order chi connectivity index (χ1) is 15.2. The van der Waals surface area contributed by atoms with Crippen LogP contribution in [0.15, 0.2) is 111 Å². The average molecular weight is 448 g/mol. The molecule has 6 rings (SSSR count). The Morgan fingerprint density at radius 1 is 0.656 bits per heavy atom. The van der Waals surface area contributed by atoms with Crippen LogP contribution >= 0.6 is 0 Å². The number of benzene rings is 4. The molecule has 3 nitrogen and oxygen atoms in total. The van der Waals surface area contributed by atoms with Crippen LogP contribution in [0, 0.1) is 0 Å². The second-order valence-electron chi connectivity index (χ2n) is 7.10. The summed E-state index contributed by atoms with van der Waals surface area (Å²) in [4.78, 5) is 8.18. The van der Waals surface area contributed by atoms with E-state index in [4.69, 9.17) is 29.7 Å². The summed E-state index contributed by atoms with van der Waals surface area (Å²) in [5, 5.41) is 3.53. The maximum absolute atomic E-state index is 5.71. The number of aromatic amines is 2. The minimum absolute atomic E-state index is 0. The summed E-state index contributed by atoms with van der Waals surface area (Å²) >= 11 is 10.6. The number of H-pyrrole nitrogens is 2. The van der Waals surface area contributed by atoms with E-state index < -0.39 is 0 Å². The molecule has 2 heterocycles. The topological polar surface area (TPSA) is 41.4 Å². The van der Waals surface area contributed by atoms with Crippen molar-refractivity contribution in [2.45, 2.75) is 9.79 Å². The van der Waals surface area contributed by atoms with Crippen LogP contribution in [-0.4, -0.2) is 10.1 Å². The van der Waals surface area contributed by atoms with Gasteiger partial charge >= 0.3 is 16.0 Å². The molecule has 0 unspecified atom stereocenters. The average Bonchev–Trinajstić information content (AvgIpc) is 3.24. The van der Waals surface area contributed by atoms with Crippen LogP contribution in [0.4, 0.5) is 0 Å². The van der Waals surface area contributed by atoms with Crippen molar-refractivity contribution in [2.75, 3.05) is 0 Å². The number of aromatic nitrogens is 2. The zero-order chi connectivity index (χ0) is 21.2. The molecule has 0 aliphatic rings. The first-order valence-corrected chi connectivity index (χ1v) is 10.7. The van der Waals surface area contributed by atoms with Gasteiger partial charge in [0.05, 0.1) is 5.56 Å². The van der Waals surface area contributed by atoms with Gasteiger partial charge in [0.15, 0.2) is 6.20 Å². The van der Waals surface area contributed by atoms with Crippen molar-refractivity contribution in [3.63, 3.8) is 0 Å². The second-order valence-corrected chi connectivity index (χ2v) is 7.98. The number of hydrogen-bond acceptors (Lipinski definition) is 3. The first-order valence-electron chi connectivity index (χ1n) is 9.87. The summed E-state index contributed by atoms with van der Waals surface area (Å²) in [7, 11) is 0. The molecule has 0 atom stereocenters. The van der Waals surface area contributed by atoms with Gasteiger partial charge in [-0.15, -0.1) is 0 Å². The molecule has 0 aliphatic heterocycles. The van der Waals surface area contributed by atoms with Gasteiger partial charge < -0.3 is 29.7 Å². The Morgan fingerprint density at radius 2 is 1.38 bits per heavy atom. The molecule has 0 amide bonds. The van der Waals surface area contributed by atoms with E-state index in [0.29, 0.717) is 5.89 Å². The molecule has 150 valence electrons. The Hall–Kier alpha value is -3.37. The molecule has 0 radical (unpaired) electrons. The number of oxazole rings is 1. The predicted molar refractivity (Wildman–Crippen MR) is 133 cm³/mol. The van der Waals surface area contributed by atoms with E-state index in [9.17, 15) is 0 Å². The summed E-state index contributed by atoms with van der Waals surface area (Å²) < 4.78 is 5.71. The molecule has 4 aromatic carbocycles. The van der Waals surface area contributed by atoms with Gasteiger partial charge in [0.1, 0.15) is 0 Å². The van der Waals surface area contributed by atoms with Gasteiger partial charge in [-0.05, 0) is 29.7 Å². The van der Waals surface area contributed by atoms with Crippen LogP contribution in [0.25, 0.3) is 44.2 Å². The van der Waals surface area contributed by atoms with Crippen LogP contribution in [-0.2, 0) is 25.3 Å². The quantitative estimate of drug-likeness (QED) is 0.199. The van der Waals surface area contributed by atoms with Crippen LogP contribution in [0.1, 0.15) is 0 Å². The fraction of sp³-hybridized carbons (Fsp3) is 0. The molecular weight excluding hydrogens is 429 g/mol. The normalized spacial score (nSPS) is 10.5. The number of fused-ring (bicyclic) bond motifs is 4. The summed E-state index contributed by atoms with van der Waals surface area (Å²) in [6, 6.07) is 29.9. The Balaban J connectivity index is 0.000000149. The zero-order valence-corrected chi connectivity index (χ0v) is 18.8. The second kappa shape index (κ2) is 9.41. The van der Waals surface area contributed by atoms with Crippen molar-refractivity contribution in [2.24, 2.45) is 0 Å². The van der Waals surface area contributed by atoms with E-state index in [2.05, 4.69) is 34.2 Å². The number of pyridine rings is 1. The maximum Gasteiger partial charge on any atom is 2.00 e. The maximum atomic E-state index is 5.71. The number of nitrogens with one attached hydrogen (secondary N) is 2. The van der Waals surface area contributed by atoms with E-state index in [0.717, 1.165) is 37.4 Å². The largest absolute Gasteiger partial charge is 2.00 e. The third-order valence-corrected chi connectivity index (χ3v) is 5.81. The molecule has 2 aromatic heterocycles. The van der Waals surface area contributed by atoms with Crippen LogP contribution < -0.4 is 9.97 Å². The fourth-order valence-corrected chi connectivity index (χ4v) is 4.17. The van der Waals surface area contributed by atoms with Gasteiger partial charge in [0, 0.05) is 22.9 Å². The van der Waals surface area contributed by atoms with Gasteiger partial charge in [-0.25, -0.2) is 4.98 Å². The summed E-state index contributed by atoms with van der Waals surface area (Å²) in [5.74, 6) is 0.715. The van der Waals surface area contributed by atoms with E-state index in [-0.39, 0.29) is 10.1 Å².